The molecule has 2 rings (SSSR count). The monoisotopic (exact) mass is 350 g/mol. The Morgan fingerprint density at radius 2 is 1.71 bits per heavy atom. The lowest BCUT2D eigenvalue weighted by atomic mass is 9.95. The zero-order valence-corrected chi connectivity index (χ0v) is 14.4. The number of benzene rings is 1. The van der Waals surface area contributed by atoms with Crippen LogP contribution in [0.2, 0.25) is 5.02 Å². The molecule has 0 aliphatic heterocycles. The molecule has 0 spiro atoms. The first kappa shape index (κ1) is 18.5. The summed E-state index contributed by atoms with van der Waals surface area (Å²) in [5, 5.41) is 5.88. The van der Waals surface area contributed by atoms with Crippen molar-refractivity contribution in [3.8, 4) is 0 Å². The maximum atomic E-state index is 12.0. The van der Waals surface area contributed by atoms with E-state index in [0.29, 0.717) is 10.6 Å². The quantitative estimate of drug-likeness (QED) is 0.742. The molecule has 1 aromatic carbocycles. The number of amides is 2. The van der Waals surface area contributed by atoms with Gasteiger partial charge in [-0.3, -0.25) is 14.4 Å². The number of nitrogens with one attached hydrogen (secondary N) is 2. The minimum atomic E-state index is -0.311. The topological polar surface area (TPSA) is 75.3 Å². The van der Waals surface area contributed by atoms with Gasteiger partial charge in [0, 0.05) is 24.4 Å². The van der Waals surface area contributed by atoms with Crippen LogP contribution in [0.5, 0.6) is 0 Å². The third-order valence-electron chi connectivity index (χ3n) is 4.17. The number of rotatable bonds is 7. The number of carbonyl (C=O) groups is 3. The maximum absolute atomic E-state index is 12.0. The zero-order valence-electron chi connectivity index (χ0n) is 13.6. The molecule has 1 aliphatic carbocycles. The molecule has 24 heavy (non-hydrogen) atoms. The van der Waals surface area contributed by atoms with Crippen molar-refractivity contribution >= 4 is 29.2 Å². The van der Waals surface area contributed by atoms with Gasteiger partial charge in [0.1, 0.15) is 0 Å². The van der Waals surface area contributed by atoms with E-state index in [9.17, 15) is 14.4 Å². The van der Waals surface area contributed by atoms with Gasteiger partial charge in [-0.1, -0.05) is 43.0 Å². The summed E-state index contributed by atoms with van der Waals surface area (Å²) < 4.78 is 0. The van der Waals surface area contributed by atoms with Gasteiger partial charge in [0.05, 0.1) is 11.6 Å². The summed E-state index contributed by atoms with van der Waals surface area (Å²) in [6, 6.07) is 6.99. The molecule has 0 heterocycles. The van der Waals surface area contributed by atoms with E-state index in [2.05, 4.69) is 10.6 Å². The normalized spacial score (nSPS) is 14.9. The molecule has 5 nitrogen and oxygen atoms in total. The van der Waals surface area contributed by atoms with Crippen molar-refractivity contribution in [2.24, 2.45) is 0 Å². The molecule has 0 radical (unpaired) electrons. The Hall–Kier alpha value is -1.88. The van der Waals surface area contributed by atoms with Crippen molar-refractivity contribution in [2.75, 3.05) is 6.54 Å². The number of hydrogen-bond donors (Lipinski definition) is 2. The highest BCUT2D eigenvalue weighted by molar-refractivity contribution is 6.34. The summed E-state index contributed by atoms with van der Waals surface area (Å²) in [5.74, 6) is -0.663. The van der Waals surface area contributed by atoms with Crippen LogP contribution in [0.3, 0.4) is 0 Å². The van der Waals surface area contributed by atoms with Crippen LogP contribution in [0, 0.1) is 0 Å². The van der Waals surface area contributed by atoms with Gasteiger partial charge in [0.2, 0.25) is 11.8 Å². The van der Waals surface area contributed by atoms with E-state index < -0.39 is 0 Å². The molecule has 2 N–H and O–H groups in total. The Morgan fingerprint density at radius 3 is 2.42 bits per heavy atom. The van der Waals surface area contributed by atoms with Crippen LogP contribution in [-0.4, -0.2) is 30.2 Å². The first-order valence-electron chi connectivity index (χ1n) is 8.40. The second-order valence-electron chi connectivity index (χ2n) is 6.08. The lowest BCUT2D eigenvalue weighted by molar-refractivity contribution is -0.126. The summed E-state index contributed by atoms with van der Waals surface area (Å²) in [6.45, 7) is -0.0460. The van der Waals surface area contributed by atoms with Crippen molar-refractivity contribution < 1.29 is 14.4 Å². The van der Waals surface area contributed by atoms with E-state index in [0.717, 1.165) is 25.7 Å². The van der Waals surface area contributed by atoms with E-state index in [4.69, 9.17) is 11.6 Å². The molecule has 0 aromatic heterocycles. The fraction of sp³-hybridized carbons (Fsp3) is 0.500. The van der Waals surface area contributed by atoms with E-state index in [1.54, 1.807) is 24.3 Å². The highest BCUT2D eigenvalue weighted by Gasteiger charge is 2.16. The van der Waals surface area contributed by atoms with Gasteiger partial charge >= 0.3 is 0 Å². The number of Topliss-reactive ketones (excluding diaryl/α,β-unsaturated/α-hetero) is 1. The average Bonchev–Trinajstić information content (AvgIpc) is 2.59. The molecular formula is C18H23ClN2O3. The minimum absolute atomic E-state index is 0.0424. The van der Waals surface area contributed by atoms with Gasteiger partial charge < -0.3 is 10.6 Å². The van der Waals surface area contributed by atoms with Crippen LogP contribution in [0.1, 0.15) is 55.3 Å². The predicted molar refractivity (Wildman–Crippen MR) is 93.0 cm³/mol. The second kappa shape index (κ2) is 9.42. The SMILES string of the molecule is O=C(CCC(=O)c1ccccc1Cl)NCC(=O)NC1CCCCC1. The van der Waals surface area contributed by atoms with Crippen molar-refractivity contribution in [3.05, 3.63) is 34.9 Å². The maximum Gasteiger partial charge on any atom is 0.239 e. The van der Waals surface area contributed by atoms with E-state index >= 15 is 0 Å². The molecule has 1 aromatic rings. The largest absolute Gasteiger partial charge is 0.352 e. The van der Waals surface area contributed by atoms with E-state index in [-0.39, 0.29) is 43.0 Å². The molecule has 130 valence electrons. The number of carbonyl (C=O) groups excluding carboxylic acids is 3. The molecule has 0 saturated heterocycles. The van der Waals surface area contributed by atoms with E-state index in [1.807, 2.05) is 0 Å². The van der Waals surface area contributed by atoms with Crippen LogP contribution in [0.15, 0.2) is 24.3 Å². The molecule has 0 unspecified atom stereocenters. The van der Waals surface area contributed by atoms with Gasteiger partial charge in [0.15, 0.2) is 5.78 Å². The third-order valence-corrected chi connectivity index (χ3v) is 4.50. The number of hydrogen-bond acceptors (Lipinski definition) is 3. The van der Waals surface area contributed by atoms with Gasteiger partial charge in [-0.25, -0.2) is 0 Å². The summed E-state index contributed by atoms with van der Waals surface area (Å²) in [5.41, 5.74) is 0.419. The Bertz CT molecular complexity index is 598. The molecule has 1 saturated carbocycles. The van der Waals surface area contributed by atoms with Crippen molar-refractivity contribution in [3.63, 3.8) is 0 Å². The number of ketones is 1. The molecule has 2 amide bonds. The lowest BCUT2D eigenvalue weighted by Gasteiger charge is -2.22. The molecule has 0 bridgehead atoms. The Labute approximate surface area is 147 Å². The van der Waals surface area contributed by atoms with Crippen molar-refractivity contribution in [1.29, 1.82) is 0 Å². The average molecular weight is 351 g/mol. The smallest absolute Gasteiger partial charge is 0.239 e. The lowest BCUT2D eigenvalue weighted by Crippen LogP contribution is -2.42. The first-order valence-corrected chi connectivity index (χ1v) is 8.78. The zero-order chi connectivity index (χ0) is 17.4. The highest BCUT2D eigenvalue weighted by Crippen LogP contribution is 2.18. The fourth-order valence-corrected chi connectivity index (χ4v) is 3.08. The van der Waals surface area contributed by atoms with Crippen molar-refractivity contribution in [2.45, 2.75) is 51.0 Å². The van der Waals surface area contributed by atoms with Gasteiger partial charge in [0.25, 0.3) is 0 Å². The molecular weight excluding hydrogens is 328 g/mol. The first-order chi connectivity index (χ1) is 11.6. The Morgan fingerprint density at radius 1 is 1.00 bits per heavy atom. The summed E-state index contributed by atoms with van der Waals surface area (Å²) in [6.07, 6.45) is 5.63. The standard InChI is InChI=1S/C18H23ClN2O3/c19-15-9-5-4-8-14(15)16(22)10-11-17(23)20-12-18(24)21-13-6-2-1-3-7-13/h4-5,8-9,13H,1-3,6-7,10-12H2,(H,20,23)(H,21,24). The Balaban J connectivity index is 1.66. The predicted octanol–water partition coefficient (Wildman–Crippen LogP) is 2.87. The van der Waals surface area contributed by atoms with Crippen LogP contribution >= 0.6 is 11.6 Å². The van der Waals surface area contributed by atoms with Gasteiger partial charge in [-0.2, -0.15) is 0 Å². The summed E-state index contributed by atoms with van der Waals surface area (Å²) in [4.78, 5) is 35.6. The minimum Gasteiger partial charge on any atom is -0.352 e. The molecule has 1 fully saturated rings. The fourth-order valence-electron chi connectivity index (χ4n) is 2.84. The Kier molecular flexibility index (Phi) is 7.25. The van der Waals surface area contributed by atoms with E-state index in [1.165, 1.54) is 6.42 Å². The van der Waals surface area contributed by atoms with Crippen LogP contribution in [0.4, 0.5) is 0 Å². The molecule has 1 aliphatic rings. The second-order valence-corrected chi connectivity index (χ2v) is 6.49. The molecule has 6 heteroatoms. The third kappa shape index (κ3) is 5.96. The van der Waals surface area contributed by atoms with Crippen LogP contribution in [0.25, 0.3) is 0 Å². The molecule has 0 atom stereocenters. The summed E-state index contributed by atoms with van der Waals surface area (Å²) >= 11 is 5.96. The van der Waals surface area contributed by atoms with Gasteiger partial charge in [-0.15, -0.1) is 0 Å². The highest BCUT2D eigenvalue weighted by atomic mass is 35.5. The van der Waals surface area contributed by atoms with Gasteiger partial charge in [-0.05, 0) is 25.0 Å². The number of halogens is 1. The van der Waals surface area contributed by atoms with Crippen LogP contribution < -0.4 is 10.6 Å². The van der Waals surface area contributed by atoms with Crippen molar-refractivity contribution in [1.82, 2.24) is 10.6 Å². The summed E-state index contributed by atoms with van der Waals surface area (Å²) in [7, 11) is 0. The van der Waals surface area contributed by atoms with Crippen LogP contribution in [-0.2, 0) is 9.59 Å².